The van der Waals surface area contributed by atoms with Crippen molar-refractivity contribution >= 4 is 0 Å². The Hall–Kier alpha value is -0.120. The van der Waals surface area contributed by atoms with E-state index in [1.54, 1.807) is 0 Å². The first kappa shape index (κ1) is 13.3. The number of nitrogens with zero attached hydrogens (tertiary/aromatic N) is 2. The van der Waals surface area contributed by atoms with Crippen molar-refractivity contribution in [2.45, 2.75) is 44.2 Å². The van der Waals surface area contributed by atoms with E-state index in [9.17, 15) is 0 Å². The van der Waals surface area contributed by atoms with Crippen LogP contribution >= 0.6 is 0 Å². The standard InChI is InChI=1S/C14H29N3/c1-16(2)14(13-8-4-5-9-15-13)12-7-6-10-17(3)11-12/h12-15H,4-11H2,1-3H3. The van der Waals surface area contributed by atoms with Gasteiger partial charge in [-0.1, -0.05) is 6.42 Å². The third-order valence-electron chi connectivity index (χ3n) is 4.50. The van der Waals surface area contributed by atoms with E-state index in [0.717, 1.165) is 18.0 Å². The molecule has 3 heteroatoms. The molecule has 1 N–H and O–H groups in total. The van der Waals surface area contributed by atoms with Crippen LogP contribution in [-0.2, 0) is 0 Å². The van der Waals surface area contributed by atoms with Crippen molar-refractivity contribution in [3.63, 3.8) is 0 Å². The number of hydrogen-bond acceptors (Lipinski definition) is 3. The number of likely N-dealkylation sites (tertiary alicyclic amines) is 1. The fraction of sp³-hybridized carbons (Fsp3) is 1.00. The van der Waals surface area contributed by atoms with Crippen LogP contribution in [0.15, 0.2) is 0 Å². The van der Waals surface area contributed by atoms with E-state index in [0.29, 0.717) is 0 Å². The largest absolute Gasteiger partial charge is 0.312 e. The molecule has 0 aromatic heterocycles. The van der Waals surface area contributed by atoms with Crippen LogP contribution in [0.2, 0.25) is 0 Å². The van der Waals surface area contributed by atoms with Crippen molar-refractivity contribution in [3.8, 4) is 0 Å². The average Bonchev–Trinajstić information content (AvgIpc) is 2.30. The van der Waals surface area contributed by atoms with Gasteiger partial charge in [0.25, 0.3) is 0 Å². The van der Waals surface area contributed by atoms with Crippen molar-refractivity contribution < 1.29 is 0 Å². The highest BCUT2D eigenvalue weighted by Gasteiger charge is 2.33. The van der Waals surface area contributed by atoms with Gasteiger partial charge in [0.1, 0.15) is 0 Å². The van der Waals surface area contributed by atoms with Gasteiger partial charge in [-0.25, -0.2) is 0 Å². The number of hydrogen-bond donors (Lipinski definition) is 1. The van der Waals surface area contributed by atoms with E-state index in [1.807, 2.05) is 0 Å². The lowest BCUT2D eigenvalue weighted by Gasteiger charge is -2.43. The normalized spacial score (nSPS) is 33.9. The van der Waals surface area contributed by atoms with Gasteiger partial charge in [-0.15, -0.1) is 0 Å². The maximum Gasteiger partial charge on any atom is 0.0283 e. The van der Waals surface area contributed by atoms with Gasteiger partial charge in [-0.3, -0.25) is 0 Å². The van der Waals surface area contributed by atoms with Gasteiger partial charge in [-0.05, 0) is 65.8 Å². The van der Waals surface area contributed by atoms with Gasteiger partial charge >= 0.3 is 0 Å². The highest BCUT2D eigenvalue weighted by molar-refractivity contribution is 4.92. The molecule has 0 spiro atoms. The molecule has 2 rings (SSSR count). The van der Waals surface area contributed by atoms with E-state index in [-0.39, 0.29) is 0 Å². The zero-order valence-corrected chi connectivity index (χ0v) is 11.8. The lowest BCUT2D eigenvalue weighted by atomic mass is 9.83. The first-order chi connectivity index (χ1) is 8.18. The van der Waals surface area contributed by atoms with Gasteiger partial charge in [0.2, 0.25) is 0 Å². The fourth-order valence-corrected chi connectivity index (χ4v) is 3.77. The lowest BCUT2D eigenvalue weighted by molar-refractivity contribution is 0.0866. The SMILES string of the molecule is CN1CCCC(C(C2CCCCN2)N(C)C)C1. The Bertz CT molecular complexity index is 224. The summed E-state index contributed by atoms with van der Waals surface area (Å²) in [5.74, 6) is 0.847. The Morgan fingerprint density at radius 2 is 2.00 bits per heavy atom. The summed E-state index contributed by atoms with van der Waals surface area (Å²) >= 11 is 0. The maximum atomic E-state index is 3.75. The van der Waals surface area contributed by atoms with Crippen molar-refractivity contribution in [2.75, 3.05) is 40.8 Å². The Kier molecular flexibility index (Phi) is 4.83. The van der Waals surface area contributed by atoms with Gasteiger partial charge in [-0.2, -0.15) is 0 Å². The van der Waals surface area contributed by atoms with Gasteiger partial charge < -0.3 is 15.1 Å². The molecule has 3 unspecified atom stereocenters. The second-order valence-corrected chi connectivity index (χ2v) is 6.18. The first-order valence-corrected chi connectivity index (χ1v) is 7.27. The summed E-state index contributed by atoms with van der Waals surface area (Å²) in [6, 6.07) is 1.44. The van der Waals surface area contributed by atoms with Gasteiger partial charge in [0.15, 0.2) is 0 Å². The molecule has 2 fully saturated rings. The molecule has 0 amide bonds. The number of likely N-dealkylation sites (N-methyl/N-ethyl adjacent to an activating group) is 1. The second kappa shape index (κ2) is 6.17. The summed E-state index contributed by atoms with van der Waals surface area (Å²) in [7, 11) is 6.79. The molecular formula is C14H29N3. The molecule has 0 aliphatic carbocycles. The maximum absolute atomic E-state index is 3.75. The van der Waals surface area contributed by atoms with Crippen LogP contribution < -0.4 is 5.32 Å². The molecule has 0 aromatic carbocycles. The number of nitrogens with one attached hydrogen (secondary N) is 1. The summed E-state index contributed by atoms with van der Waals surface area (Å²) in [5.41, 5.74) is 0. The topological polar surface area (TPSA) is 18.5 Å². The summed E-state index contributed by atoms with van der Waals surface area (Å²) in [4.78, 5) is 4.97. The predicted molar refractivity (Wildman–Crippen MR) is 73.3 cm³/mol. The van der Waals surface area contributed by atoms with E-state index in [4.69, 9.17) is 0 Å². The molecule has 100 valence electrons. The molecule has 2 heterocycles. The second-order valence-electron chi connectivity index (χ2n) is 6.18. The predicted octanol–water partition coefficient (Wildman–Crippen LogP) is 1.40. The van der Waals surface area contributed by atoms with E-state index < -0.39 is 0 Å². The molecule has 17 heavy (non-hydrogen) atoms. The van der Waals surface area contributed by atoms with Gasteiger partial charge in [0, 0.05) is 18.6 Å². The van der Waals surface area contributed by atoms with Crippen LogP contribution in [0.4, 0.5) is 0 Å². The van der Waals surface area contributed by atoms with Crippen molar-refractivity contribution in [1.82, 2.24) is 15.1 Å². The smallest absolute Gasteiger partial charge is 0.0283 e. The molecule has 2 aliphatic heterocycles. The van der Waals surface area contributed by atoms with Crippen LogP contribution in [-0.4, -0.2) is 62.7 Å². The molecular weight excluding hydrogens is 210 g/mol. The summed E-state index contributed by atoms with van der Waals surface area (Å²) in [5, 5.41) is 3.75. The molecule has 2 saturated heterocycles. The van der Waals surface area contributed by atoms with Crippen LogP contribution in [0.25, 0.3) is 0 Å². The Balaban J connectivity index is 1.99. The van der Waals surface area contributed by atoms with Crippen molar-refractivity contribution in [1.29, 1.82) is 0 Å². The molecule has 0 aromatic rings. The van der Waals surface area contributed by atoms with Crippen LogP contribution in [0, 0.1) is 5.92 Å². The van der Waals surface area contributed by atoms with Crippen molar-refractivity contribution in [3.05, 3.63) is 0 Å². The lowest BCUT2D eigenvalue weighted by Crippen LogP contribution is -2.55. The minimum atomic E-state index is 0.718. The summed E-state index contributed by atoms with van der Waals surface area (Å²) < 4.78 is 0. The Labute approximate surface area is 107 Å². The summed E-state index contributed by atoms with van der Waals surface area (Å²) in [6.07, 6.45) is 6.92. The zero-order chi connectivity index (χ0) is 12.3. The summed E-state index contributed by atoms with van der Waals surface area (Å²) in [6.45, 7) is 3.79. The van der Waals surface area contributed by atoms with Gasteiger partial charge in [0.05, 0.1) is 0 Å². The van der Waals surface area contributed by atoms with E-state index >= 15 is 0 Å². The molecule has 2 aliphatic rings. The fourth-order valence-electron chi connectivity index (χ4n) is 3.77. The van der Waals surface area contributed by atoms with Crippen LogP contribution in [0.1, 0.15) is 32.1 Å². The highest BCUT2D eigenvalue weighted by atomic mass is 15.2. The minimum absolute atomic E-state index is 0.718. The highest BCUT2D eigenvalue weighted by Crippen LogP contribution is 2.26. The Morgan fingerprint density at radius 1 is 1.18 bits per heavy atom. The number of piperidine rings is 2. The van der Waals surface area contributed by atoms with E-state index in [2.05, 4.69) is 36.3 Å². The quantitative estimate of drug-likeness (QED) is 0.803. The van der Waals surface area contributed by atoms with Crippen LogP contribution in [0.3, 0.4) is 0 Å². The van der Waals surface area contributed by atoms with E-state index in [1.165, 1.54) is 51.7 Å². The molecule has 3 atom stereocenters. The first-order valence-electron chi connectivity index (χ1n) is 7.27. The number of rotatable bonds is 3. The molecule has 0 saturated carbocycles. The molecule has 0 bridgehead atoms. The van der Waals surface area contributed by atoms with Crippen molar-refractivity contribution in [2.24, 2.45) is 5.92 Å². The zero-order valence-electron chi connectivity index (χ0n) is 11.8. The average molecular weight is 239 g/mol. The molecule has 0 radical (unpaired) electrons. The Morgan fingerprint density at radius 3 is 2.59 bits per heavy atom. The third-order valence-corrected chi connectivity index (χ3v) is 4.50. The minimum Gasteiger partial charge on any atom is -0.312 e. The van der Waals surface area contributed by atoms with Crippen LogP contribution in [0.5, 0.6) is 0 Å². The molecule has 3 nitrogen and oxygen atoms in total. The monoisotopic (exact) mass is 239 g/mol. The third kappa shape index (κ3) is 3.43.